The fraction of sp³-hybridized carbons (Fsp3) is 0.353. The fourth-order valence-corrected chi connectivity index (χ4v) is 4.04. The van der Waals surface area contributed by atoms with Crippen LogP contribution in [0.25, 0.3) is 10.9 Å². The number of aromatic nitrogens is 3. The first-order valence-corrected chi connectivity index (χ1v) is 9.27. The van der Waals surface area contributed by atoms with Gasteiger partial charge in [0.1, 0.15) is 0 Å². The molecular formula is C17H17BrClN5O. The highest BCUT2D eigenvalue weighted by molar-refractivity contribution is 9.10. The zero-order valence-corrected chi connectivity index (χ0v) is 16.1. The summed E-state index contributed by atoms with van der Waals surface area (Å²) in [7, 11) is 0. The quantitative estimate of drug-likeness (QED) is 0.642. The van der Waals surface area contributed by atoms with Gasteiger partial charge in [0.25, 0.3) is 0 Å². The van der Waals surface area contributed by atoms with Crippen LogP contribution in [-0.2, 0) is 6.54 Å². The molecule has 130 valence electrons. The average Bonchev–Trinajstić information content (AvgIpc) is 3.00. The molecule has 1 aliphatic heterocycles. The van der Waals surface area contributed by atoms with Crippen molar-refractivity contribution in [3.8, 4) is 0 Å². The lowest BCUT2D eigenvalue weighted by Gasteiger charge is -2.35. The molecule has 0 unspecified atom stereocenters. The molecule has 1 fully saturated rings. The molecule has 0 amide bonds. The number of anilines is 1. The highest BCUT2D eigenvalue weighted by atomic mass is 79.9. The number of halogens is 2. The van der Waals surface area contributed by atoms with Gasteiger partial charge in [-0.25, -0.2) is 0 Å². The first-order chi connectivity index (χ1) is 12.1. The molecule has 0 spiro atoms. The fourth-order valence-electron chi connectivity index (χ4n) is 3.18. The second-order valence-electron chi connectivity index (χ2n) is 6.11. The van der Waals surface area contributed by atoms with Gasteiger partial charge in [-0.1, -0.05) is 32.7 Å². The van der Waals surface area contributed by atoms with E-state index in [-0.39, 0.29) is 0 Å². The predicted octanol–water partition coefficient (Wildman–Crippen LogP) is 3.66. The molecule has 0 radical (unpaired) electrons. The number of hydrogen-bond donors (Lipinski definition) is 0. The Morgan fingerprint density at radius 3 is 2.76 bits per heavy atom. The lowest BCUT2D eigenvalue weighted by molar-refractivity contribution is 0.215. The number of pyridine rings is 1. The molecule has 0 N–H and O–H groups in total. The Bertz CT molecular complexity index is 907. The Kier molecular flexibility index (Phi) is 4.62. The third-order valence-corrected chi connectivity index (χ3v) is 5.13. The molecule has 1 aromatic carbocycles. The summed E-state index contributed by atoms with van der Waals surface area (Å²) in [6, 6.07) is 6.02. The van der Waals surface area contributed by atoms with Gasteiger partial charge in [-0.3, -0.25) is 9.88 Å². The number of nitrogens with zero attached hydrogens (tertiary/aromatic N) is 5. The van der Waals surface area contributed by atoms with Gasteiger partial charge >= 0.3 is 0 Å². The molecule has 1 saturated heterocycles. The van der Waals surface area contributed by atoms with Gasteiger partial charge in [0, 0.05) is 47.9 Å². The van der Waals surface area contributed by atoms with Crippen molar-refractivity contribution in [1.82, 2.24) is 20.0 Å². The first-order valence-electron chi connectivity index (χ1n) is 8.10. The van der Waals surface area contributed by atoms with Crippen LogP contribution in [0.15, 0.2) is 33.4 Å². The molecular weight excluding hydrogens is 406 g/mol. The topological polar surface area (TPSA) is 58.3 Å². The van der Waals surface area contributed by atoms with Crippen LogP contribution in [0.1, 0.15) is 11.7 Å². The maximum atomic E-state index is 6.35. The largest absolute Gasteiger partial charge is 0.368 e. The SMILES string of the molecule is Cc1noc(CN2CCN(c3ccnc4c(Cl)cc(Br)cc34)CC2)n1. The third kappa shape index (κ3) is 3.49. The average molecular weight is 423 g/mol. The van der Waals surface area contributed by atoms with Gasteiger partial charge in [-0.2, -0.15) is 4.98 Å². The van der Waals surface area contributed by atoms with Crippen molar-refractivity contribution in [3.05, 3.63) is 45.6 Å². The Hall–Kier alpha value is -1.70. The standard InChI is InChI=1S/C17H17BrClN5O/c1-11-21-16(25-22-11)10-23-4-6-24(7-5-23)15-2-3-20-17-13(15)8-12(18)9-14(17)19/h2-3,8-9H,4-7,10H2,1H3. The van der Waals surface area contributed by atoms with Gasteiger partial charge in [-0.05, 0) is 25.1 Å². The monoisotopic (exact) mass is 421 g/mol. The normalized spacial score (nSPS) is 15.9. The summed E-state index contributed by atoms with van der Waals surface area (Å²) in [4.78, 5) is 13.4. The molecule has 0 atom stereocenters. The molecule has 1 aliphatic rings. The minimum Gasteiger partial charge on any atom is -0.368 e. The predicted molar refractivity (Wildman–Crippen MR) is 101 cm³/mol. The van der Waals surface area contributed by atoms with Gasteiger partial charge < -0.3 is 9.42 Å². The maximum absolute atomic E-state index is 6.35. The molecule has 4 rings (SSSR count). The number of aryl methyl sites for hydroxylation is 1. The smallest absolute Gasteiger partial charge is 0.240 e. The van der Waals surface area contributed by atoms with Gasteiger partial charge in [0.05, 0.1) is 17.1 Å². The van der Waals surface area contributed by atoms with Crippen LogP contribution in [0.4, 0.5) is 5.69 Å². The van der Waals surface area contributed by atoms with Crippen LogP contribution >= 0.6 is 27.5 Å². The minimum atomic E-state index is 0.664. The van der Waals surface area contributed by atoms with Gasteiger partial charge in [0.15, 0.2) is 5.82 Å². The number of rotatable bonds is 3. The maximum Gasteiger partial charge on any atom is 0.240 e. The summed E-state index contributed by atoms with van der Waals surface area (Å²) < 4.78 is 6.18. The number of benzene rings is 1. The summed E-state index contributed by atoms with van der Waals surface area (Å²) in [5.74, 6) is 1.36. The van der Waals surface area contributed by atoms with Crippen LogP contribution in [0.2, 0.25) is 5.02 Å². The molecule has 0 bridgehead atoms. The molecule has 2 aromatic heterocycles. The van der Waals surface area contributed by atoms with Crippen molar-refractivity contribution in [1.29, 1.82) is 0 Å². The van der Waals surface area contributed by atoms with Crippen molar-refractivity contribution in [3.63, 3.8) is 0 Å². The van der Waals surface area contributed by atoms with Crippen molar-refractivity contribution in [2.75, 3.05) is 31.1 Å². The lowest BCUT2D eigenvalue weighted by Crippen LogP contribution is -2.46. The van der Waals surface area contributed by atoms with E-state index in [0.717, 1.165) is 41.6 Å². The van der Waals surface area contributed by atoms with Crippen LogP contribution < -0.4 is 4.90 Å². The molecule has 0 aliphatic carbocycles. The lowest BCUT2D eigenvalue weighted by atomic mass is 10.1. The summed E-state index contributed by atoms with van der Waals surface area (Å²) in [5, 5.41) is 5.58. The zero-order valence-electron chi connectivity index (χ0n) is 13.7. The Morgan fingerprint density at radius 2 is 2.04 bits per heavy atom. The van der Waals surface area contributed by atoms with Crippen LogP contribution in [0.5, 0.6) is 0 Å². The second kappa shape index (κ2) is 6.90. The minimum absolute atomic E-state index is 0.664. The third-order valence-electron chi connectivity index (χ3n) is 4.38. The van der Waals surface area contributed by atoms with Crippen LogP contribution in [-0.4, -0.2) is 46.2 Å². The Balaban J connectivity index is 1.52. The van der Waals surface area contributed by atoms with Crippen molar-refractivity contribution >= 4 is 44.1 Å². The van der Waals surface area contributed by atoms with E-state index < -0.39 is 0 Å². The van der Waals surface area contributed by atoms with E-state index in [9.17, 15) is 0 Å². The highest BCUT2D eigenvalue weighted by Crippen LogP contribution is 2.33. The van der Waals surface area contributed by atoms with E-state index in [2.05, 4.69) is 53.0 Å². The van der Waals surface area contributed by atoms with E-state index in [1.807, 2.05) is 19.2 Å². The summed E-state index contributed by atoms with van der Waals surface area (Å²) in [5.41, 5.74) is 2.01. The van der Waals surface area contributed by atoms with Crippen molar-refractivity contribution in [2.45, 2.75) is 13.5 Å². The Labute approximate surface area is 158 Å². The van der Waals surface area contributed by atoms with E-state index in [1.165, 1.54) is 5.69 Å². The van der Waals surface area contributed by atoms with Gasteiger partial charge in [0.2, 0.25) is 5.89 Å². The molecule has 6 nitrogen and oxygen atoms in total. The van der Waals surface area contributed by atoms with E-state index in [0.29, 0.717) is 23.3 Å². The van der Waals surface area contributed by atoms with Crippen LogP contribution in [0, 0.1) is 6.92 Å². The van der Waals surface area contributed by atoms with E-state index in [1.54, 1.807) is 0 Å². The molecule has 8 heteroatoms. The van der Waals surface area contributed by atoms with E-state index >= 15 is 0 Å². The Morgan fingerprint density at radius 1 is 1.24 bits per heavy atom. The van der Waals surface area contributed by atoms with Crippen molar-refractivity contribution < 1.29 is 4.52 Å². The second-order valence-corrected chi connectivity index (χ2v) is 7.44. The van der Waals surface area contributed by atoms with Gasteiger partial charge in [-0.15, -0.1) is 0 Å². The van der Waals surface area contributed by atoms with Crippen LogP contribution in [0.3, 0.4) is 0 Å². The molecule has 0 saturated carbocycles. The first kappa shape index (κ1) is 16.8. The number of hydrogen-bond acceptors (Lipinski definition) is 6. The summed E-state index contributed by atoms with van der Waals surface area (Å²) in [6.07, 6.45) is 1.82. The summed E-state index contributed by atoms with van der Waals surface area (Å²) >= 11 is 9.87. The molecule has 3 aromatic rings. The molecule has 3 heterocycles. The highest BCUT2D eigenvalue weighted by Gasteiger charge is 2.21. The zero-order chi connectivity index (χ0) is 17.4. The number of piperazine rings is 1. The van der Waals surface area contributed by atoms with E-state index in [4.69, 9.17) is 16.1 Å². The number of fused-ring (bicyclic) bond motifs is 1. The molecule has 25 heavy (non-hydrogen) atoms. The van der Waals surface area contributed by atoms with Crippen molar-refractivity contribution in [2.24, 2.45) is 0 Å². The summed E-state index contributed by atoms with van der Waals surface area (Å²) in [6.45, 7) is 6.26.